The number of hydrogen-bond donors (Lipinski definition) is 0. The Bertz CT molecular complexity index is 1000. The van der Waals surface area contributed by atoms with Gasteiger partial charge < -0.3 is 9.32 Å². The van der Waals surface area contributed by atoms with Crippen molar-refractivity contribution in [1.82, 2.24) is 15.2 Å². The summed E-state index contributed by atoms with van der Waals surface area (Å²) in [7, 11) is 0. The average molecular weight is 350 g/mol. The van der Waals surface area contributed by atoms with Gasteiger partial charge in [0.05, 0.1) is 22.1 Å². The number of anilines is 1. The van der Waals surface area contributed by atoms with E-state index in [0.29, 0.717) is 28.2 Å². The van der Waals surface area contributed by atoms with E-state index < -0.39 is 4.92 Å². The Hall–Kier alpha value is -3.54. The van der Waals surface area contributed by atoms with E-state index in [4.69, 9.17) is 4.42 Å². The first-order valence-electron chi connectivity index (χ1n) is 8.16. The maximum Gasteiger partial charge on any atom is 0.270 e. The van der Waals surface area contributed by atoms with Crippen LogP contribution < -0.4 is 4.90 Å². The van der Waals surface area contributed by atoms with Crippen LogP contribution in [0.3, 0.4) is 0 Å². The summed E-state index contributed by atoms with van der Waals surface area (Å²) < 4.78 is 5.28. The average Bonchev–Trinajstić information content (AvgIpc) is 3.21. The third-order valence-corrected chi connectivity index (χ3v) is 4.66. The van der Waals surface area contributed by atoms with Gasteiger partial charge >= 0.3 is 0 Å². The predicted octanol–water partition coefficient (Wildman–Crippen LogP) is 2.78. The largest absolute Gasteiger partial charge is 0.428 e. The number of non-ortho nitro benzene ring substituents is 1. The standard InChI is InChI=1S/C17H14N6O3/c18-9-12-7-16(20-15-2-1-13(23(24)25)8-14(12)15)22-5-3-11(4-6-22)17-21-19-10-26-17/h1-2,7-8,10-11H,3-6H2. The summed E-state index contributed by atoms with van der Waals surface area (Å²) in [6.45, 7) is 1.51. The minimum absolute atomic E-state index is 0.0519. The summed E-state index contributed by atoms with van der Waals surface area (Å²) in [5, 5.41) is 28.6. The lowest BCUT2D eigenvalue weighted by atomic mass is 9.96. The Morgan fingerprint density at radius 3 is 2.77 bits per heavy atom. The zero-order chi connectivity index (χ0) is 18.1. The van der Waals surface area contributed by atoms with Crippen molar-refractivity contribution in [3.63, 3.8) is 0 Å². The van der Waals surface area contributed by atoms with E-state index in [1.165, 1.54) is 18.5 Å². The Morgan fingerprint density at radius 1 is 1.31 bits per heavy atom. The molecule has 0 atom stereocenters. The highest BCUT2D eigenvalue weighted by atomic mass is 16.6. The lowest BCUT2D eigenvalue weighted by Crippen LogP contribution is -2.33. The summed E-state index contributed by atoms with van der Waals surface area (Å²) in [6, 6.07) is 8.20. The van der Waals surface area contributed by atoms with Crippen LogP contribution in [0, 0.1) is 21.4 Å². The molecule has 0 bridgehead atoms. The van der Waals surface area contributed by atoms with Crippen LogP contribution in [-0.4, -0.2) is 33.2 Å². The van der Waals surface area contributed by atoms with E-state index in [-0.39, 0.29) is 11.6 Å². The number of fused-ring (bicyclic) bond motifs is 1. The van der Waals surface area contributed by atoms with Crippen molar-refractivity contribution in [3.05, 3.63) is 52.2 Å². The lowest BCUT2D eigenvalue weighted by Gasteiger charge is -2.31. The van der Waals surface area contributed by atoms with Crippen molar-refractivity contribution in [1.29, 1.82) is 5.26 Å². The zero-order valence-electron chi connectivity index (χ0n) is 13.7. The molecule has 4 rings (SSSR count). The van der Waals surface area contributed by atoms with Crippen molar-refractivity contribution in [2.45, 2.75) is 18.8 Å². The molecule has 1 aliphatic heterocycles. The summed E-state index contributed by atoms with van der Waals surface area (Å²) in [6.07, 6.45) is 3.04. The van der Waals surface area contributed by atoms with Crippen LogP contribution in [0.15, 0.2) is 35.1 Å². The van der Waals surface area contributed by atoms with Gasteiger partial charge in [0.25, 0.3) is 5.69 Å². The molecule has 0 unspecified atom stereocenters. The molecule has 1 saturated heterocycles. The fourth-order valence-corrected chi connectivity index (χ4v) is 3.28. The van der Waals surface area contributed by atoms with Crippen LogP contribution >= 0.6 is 0 Å². The Kier molecular flexibility index (Phi) is 3.93. The number of benzene rings is 1. The summed E-state index contributed by atoms with van der Waals surface area (Å²) in [5.41, 5.74) is 0.903. The topological polar surface area (TPSA) is 122 Å². The van der Waals surface area contributed by atoms with Crippen LogP contribution in [0.5, 0.6) is 0 Å². The molecule has 3 aromatic rings. The molecule has 0 amide bonds. The molecule has 1 fully saturated rings. The first-order chi connectivity index (χ1) is 12.7. The number of nitro groups is 1. The smallest absolute Gasteiger partial charge is 0.270 e. The Balaban J connectivity index is 1.62. The molecule has 9 heteroatoms. The molecule has 130 valence electrons. The van der Waals surface area contributed by atoms with E-state index >= 15 is 0 Å². The van der Waals surface area contributed by atoms with Crippen LogP contribution in [0.4, 0.5) is 11.5 Å². The third-order valence-electron chi connectivity index (χ3n) is 4.66. The molecule has 0 saturated carbocycles. The number of aromatic nitrogens is 3. The zero-order valence-corrected chi connectivity index (χ0v) is 13.7. The van der Waals surface area contributed by atoms with Gasteiger partial charge in [0.15, 0.2) is 0 Å². The molecule has 3 heterocycles. The second kappa shape index (κ2) is 6.40. The monoisotopic (exact) mass is 350 g/mol. The highest BCUT2D eigenvalue weighted by molar-refractivity contribution is 5.88. The Morgan fingerprint density at radius 2 is 2.12 bits per heavy atom. The van der Waals surface area contributed by atoms with Crippen molar-refractivity contribution < 1.29 is 9.34 Å². The molecule has 2 aromatic heterocycles. The minimum atomic E-state index is -0.475. The normalized spacial score (nSPS) is 15.1. The second-order valence-electron chi connectivity index (χ2n) is 6.14. The van der Waals surface area contributed by atoms with Crippen molar-refractivity contribution >= 4 is 22.4 Å². The second-order valence-corrected chi connectivity index (χ2v) is 6.14. The summed E-state index contributed by atoms with van der Waals surface area (Å²) in [5.74, 6) is 1.58. The SMILES string of the molecule is N#Cc1cc(N2CCC(c3nnco3)CC2)nc2ccc([N+](=O)[O-])cc12. The number of nitriles is 1. The predicted molar refractivity (Wildman–Crippen MR) is 91.6 cm³/mol. The first-order valence-corrected chi connectivity index (χ1v) is 8.16. The molecular formula is C17H14N6O3. The molecule has 0 aliphatic carbocycles. The van der Waals surface area contributed by atoms with Gasteiger partial charge in [-0.15, -0.1) is 10.2 Å². The maximum atomic E-state index is 11.0. The summed E-state index contributed by atoms with van der Waals surface area (Å²) >= 11 is 0. The van der Waals surface area contributed by atoms with E-state index in [1.807, 2.05) is 0 Å². The highest BCUT2D eigenvalue weighted by Gasteiger charge is 2.25. The van der Waals surface area contributed by atoms with E-state index in [9.17, 15) is 15.4 Å². The van der Waals surface area contributed by atoms with Crippen molar-refractivity contribution in [2.24, 2.45) is 0 Å². The third kappa shape index (κ3) is 2.82. The molecule has 0 radical (unpaired) electrons. The molecule has 9 nitrogen and oxygen atoms in total. The number of pyridine rings is 1. The van der Waals surface area contributed by atoms with Gasteiger partial charge in [0.2, 0.25) is 12.3 Å². The van der Waals surface area contributed by atoms with Crippen LogP contribution in [0.25, 0.3) is 10.9 Å². The van der Waals surface area contributed by atoms with Gasteiger partial charge in [-0.1, -0.05) is 0 Å². The van der Waals surface area contributed by atoms with Gasteiger partial charge in [-0.05, 0) is 25.0 Å². The van der Waals surface area contributed by atoms with Crippen LogP contribution in [0.2, 0.25) is 0 Å². The fraction of sp³-hybridized carbons (Fsp3) is 0.294. The molecular weight excluding hydrogens is 336 g/mol. The molecule has 1 aliphatic rings. The van der Waals surface area contributed by atoms with E-state index in [2.05, 4.69) is 26.2 Å². The molecule has 1 aromatic carbocycles. The molecule has 0 N–H and O–H groups in total. The van der Waals surface area contributed by atoms with Gasteiger partial charge in [-0.25, -0.2) is 4.98 Å². The molecule has 0 spiro atoms. The number of piperidine rings is 1. The van der Waals surface area contributed by atoms with E-state index in [0.717, 1.165) is 25.9 Å². The number of nitro benzene ring substituents is 1. The van der Waals surface area contributed by atoms with E-state index in [1.54, 1.807) is 12.1 Å². The maximum absolute atomic E-state index is 11.0. The minimum Gasteiger partial charge on any atom is -0.428 e. The number of rotatable bonds is 3. The van der Waals surface area contributed by atoms with Gasteiger partial charge in [0, 0.05) is 36.5 Å². The van der Waals surface area contributed by atoms with Crippen LogP contribution in [-0.2, 0) is 0 Å². The van der Waals surface area contributed by atoms with Gasteiger partial charge in [0.1, 0.15) is 5.82 Å². The first kappa shape index (κ1) is 16.0. The van der Waals surface area contributed by atoms with Gasteiger partial charge in [-0.2, -0.15) is 5.26 Å². The number of hydrogen-bond acceptors (Lipinski definition) is 8. The van der Waals surface area contributed by atoms with Crippen molar-refractivity contribution in [3.8, 4) is 6.07 Å². The fourth-order valence-electron chi connectivity index (χ4n) is 3.28. The van der Waals surface area contributed by atoms with Gasteiger partial charge in [-0.3, -0.25) is 10.1 Å². The number of nitrogens with zero attached hydrogens (tertiary/aromatic N) is 6. The Labute approximate surface area is 148 Å². The van der Waals surface area contributed by atoms with Crippen molar-refractivity contribution in [2.75, 3.05) is 18.0 Å². The quantitative estimate of drug-likeness (QED) is 0.522. The lowest BCUT2D eigenvalue weighted by molar-refractivity contribution is -0.384. The molecule has 26 heavy (non-hydrogen) atoms. The summed E-state index contributed by atoms with van der Waals surface area (Å²) in [4.78, 5) is 17.2. The highest BCUT2D eigenvalue weighted by Crippen LogP contribution is 2.31. The van der Waals surface area contributed by atoms with Crippen LogP contribution in [0.1, 0.15) is 30.2 Å².